The minimum absolute atomic E-state index is 0.279. The molecule has 1 N–H and O–H groups in total. The molecule has 0 aliphatic carbocycles. The fourth-order valence-electron chi connectivity index (χ4n) is 7.84. The number of hydrogen-bond acceptors (Lipinski definition) is 5. The van der Waals surface area contributed by atoms with E-state index in [1.807, 2.05) is 24.2 Å². The van der Waals surface area contributed by atoms with Crippen LogP contribution in [0.1, 0.15) is 57.6 Å². The summed E-state index contributed by atoms with van der Waals surface area (Å²) < 4.78 is 0. The summed E-state index contributed by atoms with van der Waals surface area (Å²) in [7, 11) is 4.31. The number of likely N-dealkylation sites (N-methyl/N-ethyl adjacent to an activating group) is 1. The van der Waals surface area contributed by atoms with Gasteiger partial charge in [0.1, 0.15) is 5.65 Å². The number of aromatic nitrogens is 2. The van der Waals surface area contributed by atoms with Crippen LogP contribution in [-0.2, 0) is 12.0 Å². The second-order valence-electron chi connectivity index (χ2n) is 14.1. The summed E-state index contributed by atoms with van der Waals surface area (Å²) in [6, 6.07) is 20.4. The molecule has 2 aliphatic rings. The van der Waals surface area contributed by atoms with Crippen LogP contribution in [0.15, 0.2) is 85.8 Å². The van der Waals surface area contributed by atoms with E-state index in [0.29, 0.717) is 12.0 Å². The van der Waals surface area contributed by atoms with Crippen LogP contribution in [0, 0.1) is 5.92 Å². The Morgan fingerprint density at radius 1 is 1.09 bits per heavy atom. The molecule has 1 saturated heterocycles. The number of rotatable bonds is 11. The van der Waals surface area contributed by atoms with Gasteiger partial charge in [0.15, 0.2) is 0 Å². The van der Waals surface area contributed by atoms with Gasteiger partial charge in [-0.1, -0.05) is 81.6 Å². The molecule has 2 aliphatic heterocycles. The normalized spacial score (nSPS) is 19.6. The molecule has 6 rings (SSSR count). The van der Waals surface area contributed by atoms with Crippen molar-refractivity contribution in [3.63, 3.8) is 0 Å². The summed E-state index contributed by atoms with van der Waals surface area (Å²) in [5.74, 6) is 0.573. The molecule has 46 heavy (non-hydrogen) atoms. The predicted molar refractivity (Wildman–Crippen MR) is 199 cm³/mol. The van der Waals surface area contributed by atoms with E-state index in [0.717, 1.165) is 47.4 Å². The summed E-state index contributed by atoms with van der Waals surface area (Å²) in [5, 5.41) is 2.02. The number of nitrogens with zero attached hydrogens (tertiary/aromatic N) is 4. The topological polar surface area (TPSA) is 38.4 Å². The van der Waals surface area contributed by atoms with Crippen molar-refractivity contribution in [1.29, 1.82) is 0 Å². The smallest absolute Gasteiger partial charge is 0.138 e. The SMILES string of the molecule is C=CN(C)C(CC(C)C)CC1(C)C(=C)N(C)c2cnc3[nH]c(-c4ccc(CN5CCC(SC)CC5)cc4)c(-c4ccccc4)c3c21. The first-order valence-corrected chi connectivity index (χ1v) is 18.2. The van der Waals surface area contributed by atoms with Crippen LogP contribution in [0.25, 0.3) is 33.4 Å². The van der Waals surface area contributed by atoms with E-state index < -0.39 is 0 Å². The first-order chi connectivity index (χ1) is 22.1. The van der Waals surface area contributed by atoms with E-state index in [9.17, 15) is 0 Å². The number of hydrogen-bond donors (Lipinski definition) is 1. The van der Waals surface area contributed by atoms with Crippen LogP contribution in [0.3, 0.4) is 0 Å². The molecule has 242 valence electrons. The summed E-state index contributed by atoms with van der Waals surface area (Å²) in [4.78, 5) is 16.0. The summed E-state index contributed by atoms with van der Waals surface area (Å²) in [5.41, 5.74) is 10.3. The first-order valence-electron chi connectivity index (χ1n) is 16.9. The van der Waals surface area contributed by atoms with Crippen LogP contribution >= 0.6 is 11.8 Å². The zero-order valence-electron chi connectivity index (χ0n) is 28.6. The molecule has 2 atom stereocenters. The van der Waals surface area contributed by atoms with E-state index in [-0.39, 0.29) is 5.41 Å². The van der Waals surface area contributed by atoms with Crippen LogP contribution < -0.4 is 4.90 Å². The maximum absolute atomic E-state index is 5.05. The van der Waals surface area contributed by atoms with Crippen molar-refractivity contribution < 1.29 is 0 Å². The molecule has 6 heteroatoms. The number of likely N-dealkylation sites (tertiary alicyclic amines) is 1. The van der Waals surface area contributed by atoms with E-state index in [1.165, 1.54) is 59.1 Å². The second-order valence-corrected chi connectivity index (χ2v) is 15.2. The molecule has 4 heterocycles. The maximum Gasteiger partial charge on any atom is 0.138 e. The van der Waals surface area contributed by atoms with Gasteiger partial charge in [0.25, 0.3) is 0 Å². The largest absolute Gasteiger partial charge is 0.378 e. The van der Waals surface area contributed by atoms with Crippen LogP contribution in [0.5, 0.6) is 0 Å². The quantitative estimate of drug-likeness (QED) is 0.178. The van der Waals surface area contributed by atoms with Gasteiger partial charge in [-0.3, -0.25) is 4.90 Å². The van der Waals surface area contributed by atoms with Crippen molar-refractivity contribution in [3.8, 4) is 22.4 Å². The standard InChI is InChI=1S/C40H51N5S/c1-9-43(6)32(23-27(2)3)24-40(5)28(4)44(7)34-25-41-39-36(37(34)40)35(30-13-11-10-12-14-30)38(42-39)31-17-15-29(16-18-31)26-45-21-19-33(46-8)20-22-45/h9-18,25,27,32-33H,1,4,19-24,26H2,2-3,5-8H3,(H,41,42). The summed E-state index contributed by atoms with van der Waals surface area (Å²) >= 11 is 2.02. The van der Waals surface area contributed by atoms with Gasteiger partial charge in [-0.2, -0.15) is 11.8 Å². The Hall–Kier alpha value is -3.48. The van der Waals surface area contributed by atoms with Crippen LogP contribution in [0.2, 0.25) is 0 Å². The highest BCUT2D eigenvalue weighted by Crippen LogP contribution is 2.55. The Morgan fingerprint density at radius 2 is 1.78 bits per heavy atom. The average molecular weight is 634 g/mol. The molecule has 0 saturated carbocycles. The van der Waals surface area contributed by atoms with Gasteiger partial charge < -0.3 is 14.8 Å². The van der Waals surface area contributed by atoms with Crippen molar-refractivity contribution in [2.75, 3.05) is 38.3 Å². The lowest BCUT2D eigenvalue weighted by Gasteiger charge is -2.37. The molecule has 5 nitrogen and oxygen atoms in total. The van der Waals surface area contributed by atoms with Crippen molar-refractivity contribution >= 4 is 28.5 Å². The molecule has 2 aromatic carbocycles. The van der Waals surface area contributed by atoms with Gasteiger partial charge in [-0.25, -0.2) is 4.98 Å². The molecule has 2 aromatic heterocycles. The fraction of sp³-hybridized carbons (Fsp3) is 0.425. The second kappa shape index (κ2) is 13.3. The van der Waals surface area contributed by atoms with E-state index in [2.05, 4.69) is 122 Å². The Morgan fingerprint density at radius 3 is 2.41 bits per heavy atom. The van der Waals surface area contributed by atoms with Crippen molar-refractivity contribution in [2.24, 2.45) is 5.92 Å². The predicted octanol–water partition coefficient (Wildman–Crippen LogP) is 9.33. The highest BCUT2D eigenvalue weighted by molar-refractivity contribution is 7.99. The Kier molecular flexibility index (Phi) is 9.40. The Labute approximate surface area is 280 Å². The highest BCUT2D eigenvalue weighted by Gasteiger charge is 2.46. The molecule has 0 radical (unpaired) electrons. The number of piperidine rings is 1. The lowest BCUT2D eigenvalue weighted by molar-refractivity contribution is 0.225. The van der Waals surface area contributed by atoms with Gasteiger partial charge in [0.05, 0.1) is 17.6 Å². The molecular weight excluding hydrogens is 583 g/mol. The lowest BCUT2D eigenvalue weighted by Crippen LogP contribution is -2.37. The first kappa shape index (κ1) is 32.5. The number of thioether (sulfide) groups is 1. The van der Waals surface area contributed by atoms with E-state index >= 15 is 0 Å². The third-order valence-corrected chi connectivity index (χ3v) is 11.7. The molecule has 4 aromatic rings. The number of benzene rings is 2. The number of allylic oxidation sites excluding steroid dienone is 1. The number of anilines is 1. The minimum atomic E-state index is -0.279. The van der Waals surface area contributed by atoms with Crippen LogP contribution in [-0.4, -0.2) is 64.5 Å². The number of fused-ring (bicyclic) bond motifs is 3. The molecule has 0 amide bonds. The van der Waals surface area contributed by atoms with Gasteiger partial charge in [-0.05, 0) is 80.8 Å². The molecule has 0 spiro atoms. The summed E-state index contributed by atoms with van der Waals surface area (Å²) in [6.45, 7) is 19.2. The van der Waals surface area contributed by atoms with Crippen molar-refractivity contribution in [2.45, 2.75) is 69.7 Å². The van der Waals surface area contributed by atoms with Gasteiger partial charge >= 0.3 is 0 Å². The lowest BCUT2D eigenvalue weighted by atomic mass is 9.73. The molecular formula is C40H51N5S. The monoisotopic (exact) mass is 633 g/mol. The zero-order valence-corrected chi connectivity index (χ0v) is 29.5. The zero-order chi connectivity index (χ0) is 32.6. The van der Waals surface area contributed by atoms with Gasteiger partial charge in [0, 0.05) is 59.6 Å². The number of pyridine rings is 1. The third kappa shape index (κ3) is 6.02. The third-order valence-electron chi connectivity index (χ3n) is 10.6. The number of nitrogens with one attached hydrogen (secondary N) is 1. The van der Waals surface area contributed by atoms with E-state index in [4.69, 9.17) is 11.6 Å². The Bertz CT molecular complexity index is 1680. The fourth-order valence-corrected chi connectivity index (χ4v) is 8.53. The van der Waals surface area contributed by atoms with Gasteiger partial charge in [-0.15, -0.1) is 0 Å². The number of H-pyrrole nitrogens is 1. The van der Waals surface area contributed by atoms with Crippen molar-refractivity contribution in [1.82, 2.24) is 19.8 Å². The van der Waals surface area contributed by atoms with Crippen LogP contribution in [0.4, 0.5) is 5.69 Å². The van der Waals surface area contributed by atoms with Gasteiger partial charge in [0.2, 0.25) is 0 Å². The van der Waals surface area contributed by atoms with E-state index in [1.54, 1.807) is 0 Å². The number of aromatic amines is 1. The Balaban J connectivity index is 1.46. The molecule has 1 fully saturated rings. The average Bonchev–Trinajstić information content (AvgIpc) is 3.54. The minimum Gasteiger partial charge on any atom is -0.378 e. The highest BCUT2D eigenvalue weighted by atomic mass is 32.2. The maximum atomic E-state index is 5.05. The molecule has 2 unspecified atom stereocenters. The summed E-state index contributed by atoms with van der Waals surface area (Å²) in [6.07, 6.45) is 10.9. The molecule has 0 bridgehead atoms. The van der Waals surface area contributed by atoms with Crippen molar-refractivity contribution in [3.05, 3.63) is 97.0 Å².